The van der Waals surface area contributed by atoms with Crippen LogP contribution in [0.3, 0.4) is 0 Å². The highest BCUT2D eigenvalue weighted by atomic mass is 35.5. The Morgan fingerprint density at radius 3 is 2.50 bits per heavy atom. The number of carbonyl (C=O) groups excluding carboxylic acids is 1. The third kappa shape index (κ3) is 4.77. The van der Waals surface area contributed by atoms with Gasteiger partial charge in [-0.15, -0.1) is 0 Å². The minimum atomic E-state index is -3.62. The molecule has 1 rings (SSSR count). The molecule has 0 atom stereocenters. The molecule has 1 aromatic rings. The maximum Gasteiger partial charge on any atom is 0.306 e. The maximum absolute atomic E-state index is 11.0. The zero-order valence-electron chi connectivity index (χ0n) is 9.71. The van der Waals surface area contributed by atoms with E-state index in [4.69, 9.17) is 20.5 Å². The van der Waals surface area contributed by atoms with Gasteiger partial charge < -0.3 is 8.92 Å². The van der Waals surface area contributed by atoms with Crippen LogP contribution in [0.25, 0.3) is 6.08 Å². The largest absolute Gasteiger partial charge is 0.493 e. The Kier molecular flexibility index (Phi) is 4.75. The molecule has 0 aliphatic carbocycles. The topological polar surface area (TPSA) is 69.7 Å². The first-order valence-electron chi connectivity index (χ1n) is 4.77. The molecular weight excluding hydrogens is 280 g/mol. The van der Waals surface area contributed by atoms with Crippen LogP contribution in [0.15, 0.2) is 24.3 Å². The van der Waals surface area contributed by atoms with Crippen LogP contribution in [0.5, 0.6) is 11.5 Å². The number of benzene rings is 1. The number of ether oxygens (including phenoxy) is 1. The van der Waals surface area contributed by atoms with Gasteiger partial charge in [0, 0.05) is 0 Å². The number of methoxy groups -OCH3 is 1. The first kappa shape index (κ1) is 14.5. The molecule has 0 bridgehead atoms. The number of rotatable bonds is 5. The highest BCUT2D eigenvalue weighted by molar-refractivity contribution is 7.86. The Morgan fingerprint density at radius 2 is 2.00 bits per heavy atom. The smallest absolute Gasteiger partial charge is 0.306 e. The predicted molar refractivity (Wildman–Crippen MR) is 68.4 cm³/mol. The van der Waals surface area contributed by atoms with Crippen LogP contribution in [-0.2, 0) is 14.9 Å². The summed E-state index contributed by atoms with van der Waals surface area (Å²) in [5.74, 6) is 0.318. The molecular formula is C11H11ClO5S. The summed E-state index contributed by atoms with van der Waals surface area (Å²) >= 11 is 5.16. The summed E-state index contributed by atoms with van der Waals surface area (Å²) in [6.07, 6.45) is 3.59. The summed E-state index contributed by atoms with van der Waals surface area (Å²) in [5, 5.41) is -0.606. The van der Waals surface area contributed by atoms with E-state index in [0.717, 1.165) is 6.26 Å². The van der Waals surface area contributed by atoms with Gasteiger partial charge in [-0.05, 0) is 35.4 Å². The summed E-state index contributed by atoms with van der Waals surface area (Å²) in [6.45, 7) is 0. The van der Waals surface area contributed by atoms with Gasteiger partial charge in [0.1, 0.15) is 0 Å². The number of hydrogen-bond donors (Lipinski definition) is 0. The molecule has 7 heteroatoms. The molecule has 0 saturated heterocycles. The molecule has 1 aromatic carbocycles. The summed E-state index contributed by atoms with van der Waals surface area (Å²) in [4.78, 5) is 10.6. The van der Waals surface area contributed by atoms with Crippen LogP contribution in [0.1, 0.15) is 5.56 Å². The Morgan fingerprint density at radius 1 is 1.33 bits per heavy atom. The van der Waals surface area contributed by atoms with Gasteiger partial charge in [0.2, 0.25) is 5.24 Å². The lowest BCUT2D eigenvalue weighted by atomic mass is 10.2. The summed E-state index contributed by atoms with van der Waals surface area (Å²) in [6, 6.07) is 4.52. The minimum Gasteiger partial charge on any atom is -0.493 e. The molecule has 5 nitrogen and oxygen atoms in total. The third-order valence-electron chi connectivity index (χ3n) is 1.84. The summed E-state index contributed by atoms with van der Waals surface area (Å²) in [7, 11) is -2.24. The molecule has 98 valence electrons. The van der Waals surface area contributed by atoms with Gasteiger partial charge >= 0.3 is 10.1 Å². The fourth-order valence-electron chi connectivity index (χ4n) is 1.18. The Hall–Kier alpha value is -1.53. The maximum atomic E-state index is 11.0. The minimum absolute atomic E-state index is 0.0781. The van der Waals surface area contributed by atoms with Crippen molar-refractivity contribution in [2.45, 2.75) is 0 Å². The highest BCUT2D eigenvalue weighted by Gasteiger charge is 2.10. The molecule has 0 saturated carbocycles. The second-order valence-corrected chi connectivity index (χ2v) is 5.28. The van der Waals surface area contributed by atoms with E-state index in [1.807, 2.05) is 0 Å². The van der Waals surface area contributed by atoms with Crippen molar-refractivity contribution in [3.63, 3.8) is 0 Å². The lowest BCUT2D eigenvalue weighted by Gasteiger charge is -2.09. The highest BCUT2D eigenvalue weighted by Crippen LogP contribution is 2.29. The van der Waals surface area contributed by atoms with Gasteiger partial charge in [-0.1, -0.05) is 12.1 Å². The lowest BCUT2D eigenvalue weighted by molar-refractivity contribution is -0.107. The average Bonchev–Trinajstić information content (AvgIpc) is 2.25. The molecule has 0 fully saturated rings. The number of carbonyl (C=O) groups is 1. The van der Waals surface area contributed by atoms with Gasteiger partial charge in [-0.25, -0.2) is 0 Å². The third-order valence-corrected chi connectivity index (χ3v) is 2.44. The number of halogens is 1. The van der Waals surface area contributed by atoms with Crippen LogP contribution >= 0.6 is 11.6 Å². The van der Waals surface area contributed by atoms with Crippen LogP contribution in [0, 0.1) is 0 Å². The van der Waals surface area contributed by atoms with Crippen molar-refractivity contribution in [2.24, 2.45) is 0 Å². The molecule has 0 aliphatic heterocycles. The fraction of sp³-hybridized carbons (Fsp3) is 0.182. The van der Waals surface area contributed by atoms with Crippen LogP contribution < -0.4 is 8.92 Å². The van der Waals surface area contributed by atoms with Crippen molar-refractivity contribution in [1.82, 2.24) is 0 Å². The first-order valence-corrected chi connectivity index (χ1v) is 6.96. The molecule has 0 unspecified atom stereocenters. The Bertz CT molecular complexity index is 577. The molecule has 0 N–H and O–H groups in total. The van der Waals surface area contributed by atoms with Gasteiger partial charge in [0.05, 0.1) is 13.4 Å². The second-order valence-electron chi connectivity index (χ2n) is 3.34. The Balaban J connectivity index is 3.07. The van der Waals surface area contributed by atoms with E-state index in [9.17, 15) is 13.2 Å². The van der Waals surface area contributed by atoms with E-state index in [0.29, 0.717) is 5.56 Å². The van der Waals surface area contributed by atoms with Crippen LogP contribution in [0.2, 0.25) is 0 Å². The van der Waals surface area contributed by atoms with Gasteiger partial charge in [-0.2, -0.15) is 8.42 Å². The van der Waals surface area contributed by atoms with E-state index >= 15 is 0 Å². The van der Waals surface area contributed by atoms with E-state index in [1.165, 1.54) is 31.4 Å². The van der Waals surface area contributed by atoms with E-state index in [-0.39, 0.29) is 11.5 Å². The molecule has 18 heavy (non-hydrogen) atoms. The predicted octanol–water partition coefficient (Wildman–Crippen LogP) is 1.81. The van der Waals surface area contributed by atoms with E-state index in [1.54, 1.807) is 6.07 Å². The molecule has 0 spiro atoms. The van der Waals surface area contributed by atoms with Crippen LogP contribution in [-0.4, -0.2) is 27.0 Å². The van der Waals surface area contributed by atoms with Crippen LogP contribution in [0.4, 0.5) is 0 Å². The number of allylic oxidation sites excluding steroid dienone is 1. The molecule has 0 aromatic heterocycles. The van der Waals surface area contributed by atoms with Crippen molar-refractivity contribution in [2.75, 3.05) is 13.4 Å². The summed E-state index contributed by atoms with van der Waals surface area (Å²) < 4.78 is 31.8. The van der Waals surface area contributed by atoms with Crippen molar-refractivity contribution >= 4 is 33.0 Å². The molecule has 0 aliphatic rings. The zero-order valence-corrected chi connectivity index (χ0v) is 11.3. The first-order chi connectivity index (χ1) is 8.31. The Labute approximate surface area is 110 Å². The normalized spacial score (nSPS) is 11.5. The van der Waals surface area contributed by atoms with Crippen molar-refractivity contribution in [1.29, 1.82) is 0 Å². The molecule has 0 radical (unpaired) electrons. The number of hydrogen-bond acceptors (Lipinski definition) is 5. The quantitative estimate of drug-likeness (QED) is 0.470. The van der Waals surface area contributed by atoms with Gasteiger partial charge in [0.25, 0.3) is 0 Å². The molecule has 0 heterocycles. The standard InChI is InChI=1S/C11H11ClO5S/c1-16-10-7-8(4-6-11(12)13)3-5-9(10)17-18(2,14)15/h3-7H,1-2H3. The van der Waals surface area contributed by atoms with Crippen molar-refractivity contribution in [3.8, 4) is 11.5 Å². The lowest BCUT2D eigenvalue weighted by Crippen LogP contribution is -2.06. The zero-order chi connectivity index (χ0) is 13.8. The van der Waals surface area contributed by atoms with E-state index < -0.39 is 15.4 Å². The average molecular weight is 291 g/mol. The van der Waals surface area contributed by atoms with Crippen molar-refractivity contribution in [3.05, 3.63) is 29.8 Å². The second kappa shape index (κ2) is 5.88. The summed E-state index contributed by atoms with van der Waals surface area (Å²) in [5.41, 5.74) is 0.627. The van der Waals surface area contributed by atoms with Gasteiger partial charge in [-0.3, -0.25) is 4.79 Å². The van der Waals surface area contributed by atoms with Crippen molar-refractivity contribution < 1.29 is 22.1 Å². The fourth-order valence-corrected chi connectivity index (χ4v) is 1.71. The molecule has 0 amide bonds. The monoisotopic (exact) mass is 290 g/mol. The van der Waals surface area contributed by atoms with E-state index in [2.05, 4.69) is 0 Å². The SMILES string of the molecule is COc1cc(C=CC(=O)Cl)ccc1OS(C)(=O)=O. The van der Waals surface area contributed by atoms with Gasteiger partial charge in [0.15, 0.2) is 11.5 Å².